The molecule has 0 saturated carbocycles. The van der Waals surface area contributed by atoms with Crippen LogP contribution in [0.4, 0.5) is 66.7 Å². The van der Waals surface area contributed by atoms with E-state index in [2.05, 4.69) is 25.3 Å². The van der Waals surface area contributed by atoms with Crippen molar-refractivity contribution in [1.82, 2.24) is 19.9 Å². The number of phenols is 4. The molecule has 2 aliphatic rings. The van der Waals surface area contributed by atoms with Gasteiger partial charge in [0.1, 0.15) is 17.2 Å². The zero-order chi connectivity index (χ0) is 48.2. The highest BCUT2D eigenvalue weighted by molar-refractivity contribution is 6.04. The van der Waals surface area contributed by atoms with Gasteiger partial charge in [-0.3, -0.25) is 0 Å². The van der Waals surface area contributed by atoms with Crippen LogP contribution < -0.4 is 22.5 Å². The van der Waals surface area contributed by atoms with Gasteiger partial charge in [-0.2, -0.15) is 0 Å². The van der Waals surface area contributed by atoms with E-state index in [-0.39, 0.29) is 33.7 Å². The van der Waals surface area contributed by atoms with Crippen LogP contribution in [0, 0.1) is 58.2 Å². The molecule has 3 aromatic heterocycles. The molecular formula is C45H26F10N8O4. The summed E-state index contributed by atoms with van der Waals surface area (Å²) in [5.41, 5.74) is 6.82. The maximum atomic E-state index is 16.0. The molecule has 2 aliphatic heterocycles. The number of anilines is 4. The smallest absolute Gasteiger partial charge is 0.200 e. The highest BCUT2D eigenvalue weighted by atomic mass is 19.2. The van der Waals surface area contributed by atoms with Gasteiger partial charge in [-0.1, -0.05) is 0 Å². The lowest BCUT2D eigenvalue weighted by Gasteiger charge is -2.15. The quantitative estimate of drug-likeness (QED) is 0.0196. The first kappa shape index (κ1) is 43.4. The molecule has 0 atom stereocenters. The number of nitrogens with zero attached hydrogens (tertiary/aromatic N) is 2. The molecule has 13 N–H and O–H groups in total. The van der Waals surface area contributed by atoms with Gasteiger partial charge in [-0.15, -0.1) is 0 Å². The molecule has 8 bridgehead atoms. The Balaban J connectivity index is 1.59. The average molecular weight is 933 g/mol. The van der Waals surface area contributed by atoms with Gasteiger partial charge in [0.25, 0.3) is 0 Å². The van der Waals surface area contributed by atoms with Gasteiger partial charge < -0.3 is 52.9 Å². The van der Waals surface area contributed by atoms with Crippen LogP contribution in [0.5, 0.6) is 23.0 Å². The molecule has 0 unspecified atom stereocenters. The first-order valence-corrected chi connectivity index (χ1v) is 19.1. The van der Waals surface area contributed by atoms with Crippen molar-refractivity contribution >= 4 is 69.1 Å². The van der Waals surface area contributed by atoms with Crippen LogP contribution in [0.1, 0.15) is 22.8 Å². The molecule has 4 aromatic carbocycles. The Kier molecular flexibility index (Phi) is 10.00. The zero-order valence-electron chi connectivity index (χ0n) is 33.5. The summed E-state index contributed by atoms with van der Waals surface area (Å²) in [7, 11) is 1.36. The summed E-state index contributed by atoms with van der Waals surface area (Å²) in [6.07, 6.45) is 4.28. The normalized spacial score (nSPS) is 12.1. The minimum atomic E-state index is -2.50. The number of nitrogens with one attached hydrogen (secondary N) is 3. The molecule has 0 aliphatic carbocycles. The second kappa shape index (κ2) is 15.4. The van der Waals surface area contributed by atoms with E-state index in [1.807, 2.05) is 0 Å². The second-order valence-electron chi connectivity index (χ2n) is 14.9. The third kappa shape index (κ3) is 6.38. The molecule has 9 rings (SSSR count). The Labute approximate surface area is 367 Å². The van der Waals surface area contributed by atoms with Crippen molar-refractivity contribution in [2.24, 2.45) is 0 Å². The van der Waals surface area contributed by atoms with Crippen LogP contribution in [0.3, 0.4) is 0 Å². The van der Waals surface area contributed by atoms with Crippen molar-refractivity contribution in [1.29, 1.82) is 0 Å². The first-order chi connectivity index (χ1) is 31.8. The standard InChI is InChI=1S/C45H26F10N8O4/c1-59-23-11-14(58)44(66)31(45(23)67)27-21-8-4-17(62-21)24(28-32(46)36(50)40(54)37(51)33(28)47)15-2-6-19(60-15)26(30-42(64)12(56)10-13(57)43(30)65)20-7-3-16(61-20)25(18-5-9-22(27)63-18)29-34(48)38(52)41(55)39(53)35(29)49/h2-11,59-60,63-67H,56-58H2,1H3. The van der Waals surface area contributed by atoms with E-state index in [0.29, 0.717) is 0 Å². The Morgan fingerprint density at radius 2 is 0.657 bits per heavy atom. The number of halogens is 10. The van der Waals surface area contributed by atoms with E-state index in [0.717, 1.165) is 60.7 Å². The Morgan fingerprint density at radius 3 is 0.970 bits per heavy atom. The number of phenolic OH excluding ortho intramolecular Hbond substituents is 4. The van der Waals surface area contributed by atoms with Gasteiger partial charge in [-0.05, 0) is 60.7 Å². The molecule has 67 heavy (non-hydrogen) atoms. The van der Waals surface area contributed by atoms with E-state index < -0.39 is 160 Å². The number of H-pyrrole nitrogens is 2. The minimum absolute atomic E-state index is 0.107. The largest absolute Gasteiger partial charge is 0.505 e. The third-order valence-electron chi connectivity index (χ3n) is 11.1. The van der Waals surface area contributed by atoms with Crippen LogP contribution in [-0.2, 0) is 0 Å². The topological polar surface area (TPSA) is 228 Å². The maximum absolute atomic E-state index is 16.0. The summed E-state index contributed by atoms with van der Waals surface area (Å²) in [5, 5.41) is 48.3. The SMILES string of the molecule is CNc1cc(N)c(O)c(-c2c3nc(c(-c4c(F)c(F)c(F)c(F)c4F)c4ccc([nH]4)c(-c4c(O)c(N)cc(N)c4O)c4nc(c(-c5c(F)c(F)c(F)c(F)c5F)c5ccc2[nH]5)C=C4)C=C3)c1O. The molecule has 340 valence electrons. The minimum Gasteiger partial charge on any atom is -0.505 e. The number of aromatic nitrogens is 4. The number of hydrogen-bond acceptors (Lipinski definition) is 10. The highest BCUT2D eigenvalue weighted by Crippen LogP contribution is 2.51. The number of nitrogens with two attached hydrogens (primary N) is 3. The number of fused-ring (bicyclic) bond motifs is 8. The predicted octanol–water partition coefficient (Wildman–Crippen LogP) is 10.3. The lowest BCUT2D eigenvalue weighted by Crippen LogP contribution is -2.05. The Bertz CT molecular complexity index is 3480. The number of hydrogen-bond donors (Lipinski definition) is 10. The summed E-state index contributed by atoms with van der Waals surface area (Å²) < 4.78 is 153. The van der Waals surface area contributed by atoms with E-state index in [1.54, 1.807) is 0 Å². The first-order valence-electron chi connectivity index (χ1n) is 19.1. The van der Waals surface area contributed by atoms with Crippen molar-refractivity contribution in [3.63, 3.8) is 0 Å². The van der Waals surface area contributed by atoms with Gasteiger partial charge in [0.15, 0.2) is 52.3 Å². The molecular weight excluding hydrogens is 907 g/mol. The predicted molar refractivity (Wildman–Crippen MR) is 230 cm³/mol. The van der Waals surface area contributed by atoms with Crippen LogP contribution >= 0.6 is 0 Å². The molecule has 0 amide bonds. The number of benzene rings is 4. The lowest BCUT2D eigenvalue weighted by atomic mass is 9.99. The molecule has 0 saturated heterocycles. The fourth-order valence-corrected chi connectivity index (χ4v) is 7.96. The van der Waals surface area contributed by atoms with Crippen molar-refractivity contribution in [2.75, 3.05) is 29.6 Å². The average Bonchev–Trinajstić information content (AvgIpc) is 4.16. The van der Waals surface area contributed by atoms with Crippen LogP contribution in [0.25, 0.3) is 90.9 Å². The lowest BCUT2D eigenvalue weighted by molar-refractivity contribution is 0.381. The van der Waals surface area contributed by atoms with E-state index in [9.17, 15) is 29.2 Å². The molecule has 12 nitrogen and oxygen atoms in total. The fourth-order valence-electron chi connectivity index (χ4n) is 7.96. The summed E-state index contributed by atoms with van der Waals surface area (Å²) >= 11 is 0. The molecule has 22 heteroatoms. The van der Waals surface area contributed by atoms with Crippen LogP contribution in [0.2, 0.25) is 0 Å². The summed E-state index contributed by atoms with van der Waals surface area (Å²) in [6, 6.07) is 6.49. The van der Waals surface area contributed by atoms with Crippen molar-refractivity contribution in [2.45, 2.75) is 0 Å². The number of aromatic hydroxyl groups is 4. The fraction of sp³-hybridized carbons (Fsp3) is 0.0222. The molecule has 0 fully saturated rings. The monoisotopic (exact) mass is 932 g/mol. The molecule has 5 heterocycles. The Hall–Kier alpha value is -8.82. The van der Waals surface area contributed by atoms with Gasteiger partial charge in [0, 0.05) is 51.4 Å². The van der Waals surface area contributed by atoms with Crippen molar-refractivity contribution < 1.29 is 64.3 Å². The number of rotatable bonds is 5. The maximum Gasteiger partial charge on any atom is 0.200 e. The number of aromatic amines is 2. The highest BCUT2D eigenvalue weighted by Gasteiger charge is 2.33. The van der Waals surface area contributed by atoms with E-state index in [1.165, 1.54) is 7.05 Å². The van der Waals surface area contributed by atoms with Gasteiger partial charge in [0.2, 0.25) is 11.6 Å². The summed E-state index contributed by atoms with van der Waals surface area (Å²) in [5.74, 6) is -26.9. The number of nitrogen functional groups attached to an aromatic ring is 3. The van der Waals surface area contributed by atoms with Crippen molar-refractivity contribution in [3.05, 3.63) is 117 Å². The molecule has 0 radical (unpaired) electrons. The van der Waals surface area contributed by atoms with Crippen LogP contribution in [-0.4, -0.2) is 47.4 Å². The Morgan fingerprint density at radius 1 is 0.388 bits per heavy atom. The van der Waals surface area contributed by atoms with E-state index in [4.69, 9.17) is 17.2 Å². The second-order valence-corrected chi connectivity index (χ2v) is 14.9. The van der Waals surface area contributed by atoms with Gasteiger partial charge in [0.05, 0.1) is 67.8 Å². The summed E-state index contributed by atoms with van der Waals surface area (Å²) in [6.45, 7) is 0. The summed E-state index contributed by atoms with van der Waals surface area (Å²) in [4.78, 5) is 14.4. The van der Waals surface area contributed by atoms with Crippen LogP contribution in [0.15, 0.2) is 36.4 Å². The zero-order valence-corrected chi connectivity index (χ0v) is 33.5. The van der Waals surface area contributed by atoms with Gasteiger partial charge >= 0.3 is 0 Å². The third-order valence-corrected chi connectivity index (χ3v) is 11.1. The molecule has 0 spiro atoms. The molecule has 7 aromatic rings. The van der Waals surface area contributed by atoms with E-state index >= 15 is 35.1 Å². The van der Waals surface area contributed by atoms with Gasteiger partial charge in [-0.25, -0.2) is 53.9 Å². The van der Waals surface area contributed by atoms with Crippen molar-refractivity contribution in [3.8, 4) is 67.5 Å².